The maximum atomic E-state index is 12.5. The van der Waals surface area contributed by atoms with Gasteiger partial charge in [-0.3, -0.25) is 9.48 Å². The van der Waals surface area contributed by atoms with Crippen LogP contribution in [0.4, 0.5) is 0 Å². The van der Waals surface area contributed by atoms with Crippen LogP contribution >= 0.6 is 0 Å². The molecule has 0 saturated heterocycles. The van der Waals surface area contributed by atoms with E-state index in [1.165, 1.54) is 19.3 Å². The molecule has 0 unspecified atom stereocenters. The average Bonchev–Trinajstić information content (AvgIpc) is 3.08. The van der Waals surface area contributed by atoms with Gasteiger partial charge < -0.3 is 9.88 Å². The van der Waals surface area contributed by atoms with E-state index < -0.39 is 0 Å². The van der Waals surface area contributed by atoms with Crippen molar-refractivity contribution in [1.29, 1.82) is 0 Å². The fourth-order valence-corrected chi connectivity index (χ4v) is 2.88. The normalized spacial score (nSPS) is 16.2. The molecule has 0 bridgehead atoms. The number of rotatable bonds is 3. The second-order valence-electron chi connectivity index (χ2n) is 5.40. The summed E-state index contributed by atoms with van der Waals surface area (Å²) < 4.78 is 3.65. The first-order valence-corrected chi connectivity index (χ1v) is 7.22. The van der Waals surface area contributed by atoms with Crippen LogP contribution in [-0.4, -0.2) is 26.3 Å². The van der Waals surface area contributed by atoms with E-state index in [9.17, 15) is 4.79 Å². The zero-order chi connectivity index (χ0) is 13.9. The van der Waals surface area contributed by atoms with Crippen LogP contribution in [0.2, 0.25) is 0 Å². The van der Waals surface area contributed by atoms with Gasteiger partial charge in [0.25, 0.3) is 5.91 Å². The second kappa shape index (κ2) is 5.53. The van der Waals surface area contributed by atoms with E-state index in [1.807, 2.05) is 36.1 Å². The van der Waals surface area contributed by atoms with Crippen LogP contribution in [0.1, 0.15) is 42.5 Å². The van der Waals surface area contributed by atoms with Gasteiger partial charge in [0.05, 0.1) is 6.20 Å². The van der Waals surface area contributed by atoms with E-state index in [0.29, 0.717) is 11.6 Å². The zero-order valence-corrected chi connectivity index (χ0v) is 11.7. The molecule has 5 nitrogen and oxygen atoms in total. The van der Waals surface area contributed by atoms with Crippen molar-refractivity contribution in [1.82, 2.24) is 19.7 Å². The lowest BCUT2D eigenvalue weighted by Gasteiger charge is -2.22. The van der Waals surface area contributed by atoms with Crippen molar-refractivity contribution in [3.8, 4) is 5.82 Å². The molecule has 0 spiro atoms. The molecule has 0 radical (unpaired) electrons. The maximum Gasteiger partial charge on any atom is 0.256 e. The Morgan fingerprint density at radius 1 is 1.25 bits per heavy atom. The molecule has 0 atom stereocenters. The molecule has 3 rings (SSSR count). The number of hydrogen-bond donors (Lipinski definition) is 1. The first kappa shape index (κ1) is 13.0. The Labute approximate surface area is 118 Å². The Hall–Kier alpha value is -2.04. The number of hydrogen-bond acceptors (Lipinski definition) is 2. The predicted octanol–water partition coefficient (Wildman–Crippen LogP) is 2.27. The molecule has 1 amide bonds. The van der Waals surface area contributed by atoms with Gasteiger partial charge in [-0.25, -0.2) is 0 Å². The molecule has 1 saturated carbocycles. The van der Waals surface area contributed by atoms with Crippen molar-refractivity contribution in [2.45, 2.75) is 38.1 Å². The first-order chi connectivity index (χ1) is 9.75. The maximum absolute atomic E-state index is 12.5. The molecule has 0 aliphatic heterocycles. The predicted molar refractivity (Wildman–Crippen MR) is 76.9 cm³/mol. The smallest absolute Gasteiger partial charge is 0.256 e. The molecule has 1 N–H and O–H groups in total. The number of aromatic nitrogens is 3. The topological polar surface area (TPSA) is 51.9 Å². The summed E-state index contributed by atoms with van der Waals surface area (Å²) >= 11 is 0. The van der Waals surface area contributed by atoms with Crippen LogP contribution < -0.4 is 5.32 Å². The summed E-state index contributed by atoms with van der Waals surface area (Å²) in [6, 6.07) is 4.19. The van der Waals surface area contributed by atoms with E-state index in [1.54, 1.807) is 10.9 Å². The number of aryl methyl sites for hydroxylation is 1. The standard InChI is InChI=1S/C15H20N4O/c1-18-15(19-9-5-6-10-19)13(11-16-18)14(20)17-12-7-3-2-4-8-12/h5-6,9-12H,2-4,7-8H2,1H3,(H,17,20). The molecule has 2 aromatic rings. The third kappa shape index (κ3) is 2.48. The van der Waals surface area contributed by atoms with Crippen LogP contribution in [0.5, 0.6) is 0 Å². The summed E-state index contributed by atoms with van der Waals surface area (Å²) in [7, 11) is 1.85. The van der Waals surface area contributed by atoms with E-state index in [-0.39, 0.29) is 5.91 Å². The molecule has 2 heterocycles. The summed E-state index contributed by atoms with van der Waals surface area (Å²) in [4.78, 5) is 12.5. The van der Waals surface area contributed by atoms with Gasteiger partial charge in [0.2, 0.25) is 0 Å². The fourth-order valence-electron chi connectivity index (χ4n) is 2.88. The summed E-state index contributed by atoms with van der Waals surface area (Å²) in [5.41, 5.74) is 0.634. The summed E-state index contributed by atoms with van der Waals surface area (Å²) in [5.74, 6) is 0.789. The van der Waals surface area contributed by atoms with Crippen LogP contribution in [0.3, 0.4) is 0 Å². The minimum absolute atomic E-state index is 0.0197. The van der Waals surface area contributed by atoms with Gasteiger partial charge >= 0.3 is 0 Å². The Kier molecular flexibility index (Phi) is 3.58. The lowest BCUT2D eigenvalue weighted by molar-refractivity contribution is 0.0927. The molecule has 20 heavy (non-hydrogen) atoms. The molecule has 1 fully saturated rings. The van der Waals surface area contributed by atoms with E-state index in [4.69, 9.17) is 0 Å². The highest BCUT2D eigenvalue weighted by molar-refractivity contribution is 5.97. The van der Waals surface area contributed by atoms with E-state index >= 15 is 0 Å². The highest BCUT2D eigenvalue weighted by Gasteiger charge is 2.21. The van der Waals surface area contributed by atoms with Crippen LogP contribution in [0, 0.1) is 0 Å². The lowest BCUT2D eigenvalue weighted by atomic mass is 9.95. The fraction of sp³-hybridized carbons (Fsp3) is 0.467. The first-order valence-electron chi connectivity index (χ1n) is 7.22. The third-order valence-corrected chi connectivity index (χ3v) is 3.94. The number of carbonyl (C=O) groups excluding carboxylic acids is 1. The van der Waals surface area contributed by atoms with Crippen molar-refractivity contribution < 1.29 is 4.79 Å². The summed E-state index contributed by atoms with van der Waals surface area (Å²) in [5, 5.41) is 7.37. The summed E-state index contributed by atoms with van der Waals surface area (Å²) in [6.45, 7) is 0. The number of nitrogens with zero attached hydrogens (tertiary/aromatic N) is 3. The highest BCUT2D eigenvalue weighted by atomic mass is 16.1. The van der Waals surface area contributed by atoms with Crippen molar-refractivity contribution in [3.63, 3.8) is 0 Å². The molecular formula is C15H20N4O. The Morgan fingerprint density at radius 2 is 1.95 bits per heavy atom. The van der Waals surface area contributed by atoms with Crippen molar-refractivity contribution >= 4 is 5.91 Å². The van der Waals surface area contributed by atoms with E-state index in [2.05, 4.69) is 10.4 Å². The highest BCUT2D eigenvalue weighted by Crippen LogP contribution is 2.19. The minimum atomic E-state index is -0.0197. The van der Waals surface area contributed by atoms with Crippen LogP contribution in [0.25, 0.3) is 5.82 Å². The van der Waals surface area contributed by atoms with Crippen molar-refractivity contribution in [3.05, 3.63) is 36.3 Å². The molecule has 1 aliphatic carbocycles. The zero-order valence-electron chi connectivity index (χ0n) is 11.7. The number of amides is 1. The minimum Gasteiger partial charge on any atom is -0.349 e. The number of nitrogens with one attached hydrogen (secondary N) is 1. The Morgan fingerprint density at radius 3 is 2.65 bits per heavy atom. The van der Waals surface area contributed by atoms with Gasteiger partial charge in [0, 0.05) is 25.5 Å². The second-order valence-corrected chi connectivity index (χ2v) is 5.40. The van der Waals surface area contributed by atoms with Gasteiger partial charge in [-0.15, -0.1) is 0 Å². The van der Waals surface area contributed by atoms with Crippen molar-refractivity contribution in [2.24, 2.45) is 7.05 Å². The van der Waals surface area contributed by atoms with E-state index in [0.717, 1.165) is 18.7 Å². The van der Waals surface area contributed by atoms with Crippen LogP contribution in [-0.2, 0) is 7.05 Å². The number of carbonyl (C=O) groups is 1. The molecule has 106 valence electrons. The largest absolute Gasteiger partial charge is 0.349 e. The van der Waals surface area contributed by atoms with Gasteiger partial charge in [-0.1, -0.05) is 19.3 Å². The average molecular weight is 272 g/mol. The van der Waals surface area contributed by atoms with Crippen molar-refractivity contribution in [2.75, 3.05) is 0 Å². The molecule has 2 aromatic heterocycles. The quantitative estimate of drug-likeness (QED) is 0.932. The monoisotopic (exact) mass is 272 g/mol. The van der Waals surface area contributed by atoms with Gasteiger partial charge in [-0.05, 0) is 25.0 Å². The molecule has 0 aromatic carbocycles. The Bertz CT molecular complexity index is 579. The lowest BCUT2D eigenvalue weighted by Crippen LogP contribution is -2.36. The van der Waals surface area contributed by atoms with Gasteiger partial charge in [0.1, 0.15) is 11.4 Å². The molecular weight excluding hydrogens is 252 g/mol. The third-order valence-electron chi connectivity index (χ3n) is 3.94. The molecule has 1 aliphatic rings. The Balaban J connectivity index is 1.81. The SMILES string of the molecule is Cn1ncc(C(=O)NC2CCCCC2)c1-n1cccc1. The molecule has 5 heteroatoms. The van der Waals surface area contributed by atoms with Gasteiger partial charge in [0.15, 0.2) is 0 Å². The van der Waals surface area contributed by atoms with Gasteiger partial charge in [-0.2, -0.15) is 5.10 Å². The summed E-state index contributed by atoms with van der Waals surface area (Å²) in [6.07, 6.45) is 11.4. The van der Waals surface area contributed by atoms with Crippen LogP contribution in [0.15, 0.2) is 30.7 Å².